The van der Waals surface area contributed by atoms with Crippen LogP contribution in [0.3, 0.4) is 0 Å². The zero-order chi connectivity index (χ0) is 18.2. The number of hydrogen-bond acceptors (Lipinski definition) is 5. The Balaban J connectivity index is 1.95. The molecule has 2 N–H and O–H groups in total. The van der Waals surface area contributed by atoms with Crippen molar-refractivity contribution >= 4 is 28.9 Å². The molecule has 0 bridgehead atoms. The minimum absolute atomic E-state index is 0.188. The van der Waals surface area contributed by atoms with Crippen LogP contribution in [0.1, 0.15) is 12.0 Å². The van der Waals surface area contributed by atoms with Crippen molar-refractivity contribution in [2.75, 3.05) is 31.4 Å². The Kier molecular flexibility index (Phi) is 6.49. The molecule has 0 saturated carbocycles. The summed E-state index contributed by atoms with van der Waals surface area (Å²) in [6.07, 6.45) is 0.241. The zero-order valence-electron chi connectivity index (χ0n) is 13.9. The highest BCUT2D eigenvalue weighted by Gasteiger charge is 2.12. The quantitative estimate of drug-likeness (QED) is 0.788. The predicted octanol–water partition coefficient (Wildman–Crippen LogP) is 3.67. The lowest BCUT2D eigenvalue weighted by atomic mass is 10.2. The van der Waals surface area contributed by atoms with Crippen LogP contribution in [0.2, 0.25) is 5.02 Å². The largest absolute Gasteiger partial charge is 0.495 e. The van der Waals surface area contributed by atoms with Crippen LogP contribution in [0.4, 0.5) is 11.4 Å². The van der Waals surface area contributed by atoms with Crippen LogP contribution in [0.5, 0.6) is 11.5 Å². The smallest absolute Gasteiger partial charge is 0.226 e. The Bertz CT molecular complexity index is 803. The standard InChI is InChI=1S/C18H18ClN3O3/c1-24-16-10-15(17(25-2)9-14(16)19)22-18(23)6-7-21-13-5-3-4-12(8-13)11-20/h3-5,8-10,21H,6-7H2,1-2H3,(H,22,23). The number of nitriles is 1. The van der Waals surface area contributed by atoms with Crippen molar-refractivity contribution in [2.24, 2.45) is 0 Å². The maximum absolute atomic E-state index is 12.1. The van der Waals surface area contributed by atoms with Crippen molar-refractivity contribution in [3.05, 3.63) is 47.0 Å². The van der Waals surface area contributed by atoms with Crippen LogP contribution in [0.25, 0.3) is 0 Å². The van der Waals surface area contributed by atoms with Crippen molar-refractivity contribution in [1.82, 2.24) is 0 Å². The van der Waals surface area contributed by atoms with E-state index < -0.39 is 0 Å². The highest BCUT2D eigenvalue weighted by molar-refractivity contribution is 6.32. The number of anilines is 2. The van der Waals surface area contributed by atoms with E-state index >= 15 is 0 Å². The Morgan fingerprint density at radius 1 is 1.20 bits per heavy atom. The summed E-state index contributed by atoms with van der Waals surface area (Å²) >= 11 is 6.04. The van der Waals surface area contributed by atoms with Gasteiger partial charge in [0.05, 0.1) is 36.6 Å². The summed E-state index contributed by atoms with van der Waals surface area (Å²) in [4.78, 5) is 12.1. The molecule has 0 aliphatic rings. The molecule has 0 spiro atoms. The molecule has 0 saturated heterocycles. The molecule has 0 radical (unpaired) electrons. The SMILES string of the molecule is COc1cc(NC(=O)CCNc2cccc(C#N)c2)c(OC)cc1Cl. The number of halogens is 1. The molecule has 0 atom stereocenters. The van der Waals surface area contributed by atoms with Gasteiger partial charge in [-0.2, -0.15) is 5.26 Å². The van der Waals surface area contributed by atoms with Crippen LogP contribution >= 0.6 is 11.6 Å². The summed E-state index contributed by atoms with van der Waals surface area (Å²) in [7, 11) is 3.00. The number of benzene rings is 2. The monoisotopic (exact) mass is 359 g/mol. The van der Waals surface area contributed by atoms with E-state index in [-0.39, 0.29) is 12.3 Å². The number of ether oxygens (including phenoxy) is 2. The summed E-state index contributed by atoms with van der Waals surface area (Å²) in [5, 5.41) is 15.2. The van der Waals surface area contributed by atoms with Gasteiger partial charge < -0.3 is 20.1 Å². The molecule has 2 aromatic carbocycles. The van der Waals surface area contributed by atoms with Gasteiger partial charge in [0.1, 0.15) is 11.5 Å². The van der Waals surface area contributed by atoms with Crippen molar-refractivity contribution in [3.8, 4) is 17.6 Å². The fraction of sp³-hybridized carbons (Fsp3) is 0.222. The molecule has 7 heteroatoms. The fourth-order valence-electron chi connectivity index (χ4n) is 2.19. The molecule has 1 amide bonds. The molecule has 0 fully saturated rings. The molecule has 25 heavy (non-hydrogen) atoms. The van der Waals surface area contributed by atoms with E-state index in [1.165, 1.54) is 14.2 Å². The van der Waals surface area contributed by atoms with Gasteiger partial charge in [-0.25, -0.2) is 0 Å². The topological polar surface area (TPSA) is 83.4 Å². The molecular formula is C18H18ClN3O3. The molecule has 130 valence electrons. The average Bonchev–Trinajstić information content (AvgIpc) is 2.63. The van der Waals surface area contributed by atoms with Gasteiger partial charge in [0.25, 0.3) is 0 Å². The van der Waals surface area contributed by atoms with Gasteiger partial charge in [0, 0.05) is 30.8 Å². The number of carbonyl (C=O) groups is 1. The van der Waals surface area contributed by atoms with Gasteiger partial charge in [-0.05, 0) is 18.2 Å². The van der Waals surface area contributed by atoms with Crippen LogP contribution in [-0.2, 0) is 4.79 Å². The second-order valence-corrected chi connectivity index (χ2v) is 5.51. The summed E-state index contributed by atoms with van der Waals surface area (Å²) in [6, 6.07) is 12.3. The highest BCUT2D eigenvalue weighted by atomic mass is 35.5. The first-order chi connectivity index (χ1) is 12.1. The number of nitrogens with one attached hydrogen (secondary N) is 2. The van der Waals surface area contributed by atoms with Crippen LogP contribution < -0.4 is 20.1 Å². The lowest BCUT2D eigenvalue weighted by Gasteiger charge is -2.13. The van der Waals surface area contributed by atoms with E-state index in [0.717, 1.165) is 5.69 Å². The molecule has 0 unspecified atom stereocenters. The van der Waals surface area contributed by atoms with Gasteiger partial charge in [-0.1, -0.05) is 17.7 Å². The fourth-order valence-corrected chi connectivity index (χ4v) is 2.42. The lowest BCUT2D eigenvalue weighted by Crippen LogP contribution is -2.16. The number of nitrogens with zero attached hydrogens (tertiary/aromatic N) is 1. The van der Waals surface area contributed by atoms with Gasteiger partial charge in [0.15, 0.2) is 0 Å². The zero-order valence-corrected chi connectivity index (χ0v) is 14.7. The summed E-state index contributed by atoms with van der Waals surface area (Å²) in [5.74, 6) is 0.713. The Labute approximate surface area is 151 Å². The first kappa shape index (κ1) is 18.4. The van der Waals surface area contributed by atoms with Crippen LogP contribution in [0.15, 0.2) is 36.4 Å². The van der Waals surface area contributed by atoms with Crippen LogP contribution in [-0.4, -0.2) is 26.7 Å². The first-order valence-electron chi connectivity index (χ1n) is 7.52. The molecule has 0 aliphatic heterocycles. The highest BCUT2D eigenvalue weighted by Crippen LogP contribution is 2.35. The van der Waals surface area contributed by atoms with Crippen molar-refractivity contribution in [1.29, 1.82) is 5.26 Å². The van der Waals surface area contributed by atoms with Crippen molar-refractivity contribution < 1.29 is 14.3 Å². The first-order valence-corrected chi connectivity index (χ1v) is 7.90. The number of carbonyl (C=O) groups excluding carboxylic acids is 1. The Morgan fingerprint density at radius 2 is 1.96 bits per heavy atom. The van der Waals surface area contributed by atoms with E-state index in [1.54, 1.807) is 30.3 Å². The van der Waals surface area contributed by atoms with E-state index in [0.29, 0.717) is 34.3 Å². The molecule has 0 aliphatic carbocycles. The van der Waals surface area contributed by atoms with Crippen molar-refractivity contribution in [3.63, 3.8) is 0 Å². The van der Waals surface area contributed by atoms with E-state index in [2.05, 4.69) is 16.7 Å². The molecule has 6 nitrogen and oxygen atoms in total. The van der Waals surface area contributed by atoms with Gasteiger partial charge in [-0.15, -0.1) is 0 Å². The molecule has 2 rings (SSSR count). The molecule has 2 aromatic rings. The third kappa shape index (κ3) is 5.03. The van der Waals surface area contributed by atoms with Crippen LogP contribution in [0, 0.1) is 11.3 Å². The predicted molar refractivity (Wildman–Crippen MR) is 97.4 cm³/mol. The molecule has 0 aromatic heterocycles. The Hall–Kier alpha value is -2.91. The summed E-state index contributed by atoms with van der Waals surface area (Å²) in [5.41, 5.74) is 1.84. The molecule has 0 heterocycles. The van der Waals surface area contributed by atoms with E-state index in [1.807, 2.05) is 6.07 Å². The maximum Gasteiger partial charge on any atom is 0.226 e. The minimum Gasteiger partial charge on any atom is -0.495 e. The lowest BCUT2D eigenvalue weighted by molar-refractivity contribution is -0.116. The number of hydrogen-bond donors (Lipinski definition) is 2. The van der Waals surface area contributed by atoms with Gasteiger partial charge in [0.2, 0.25) is 5.91 Å². The number of methoxy groups -OCH3 is 2. The van der Waals surface area contributed by atoms with E-state index in [9.17, 15) is 4.79 Å². The van der Waals surface area contributed by atoms with Gasteiger partial charge >= 0.3 is 0 Å². The normalized spacial score (nSPS) is 9.84. The maximum atomic E-state index is 12.1. The number of rotatable bonds is 7. The average molecular weight is 360 g/mol. The van der Waals surface area contributed by atoms with Gasteiger partial charge in [-0.3, -0.25) is 4.79 Å². The molecular weight excluding hydrogens is 342 g/mol. The Morgan fingerprint density at radius 3 is 2.64 bits per heavy atom. The van der Waals surface area contributed by atoms with E-state index in [4.69, 9.17) is 26.3 Å². The summed E-state index contributed by atoms with van der Waals surface area (Å²) < 4.78 is 10.4. The number of amides is 1. The second kappa shape index (κ2) is 8.81. The second-order valence-electron chi connectivity index (χ2n) is 5.10. The third-order valence-electron chi connectivity index (χ3n) is 3.42. The summed E-state index contributed by atoms with van der Waals surface area (Å²) in [6.45, 7) is 0.424. The third-order valence-corrected chi connectivity index (χ3v) is 3.72. The van der Waals surface area contributed by atoms with Crippen molar-refractivity contribution in [2.45, 2.75) is 6.42 Å². The minimum atomic E-state index is -0.188.